The Hall–Kier alpha value is -2.77. The summed E-state index contributed by atoms with van der Waals surface area (Å²) in [6.07, 6.45) is 0.778. The zero-order valence-electron chi connectivity index (χ0n) is 16.5. The quantitative estimate of drug-likeness (QED) is 0.579. The van der Waals surface area contributed by atoms with Gasteiger partial charge in [0, 0.05) is 31.9 Å². The molecule has 2 aromatic rings. The van der Waals surface area contributed by atoms with Gasteiger partial charge in [0.05, 0.1) is 12.7 Å². The summed E-state index contributed by atoms with van der Waals surface area (Å²) in [5.74, 6) is -1.96. The third-order valence-electron chi connectivity index (χ3n) is 4.89. The molecule has 0 aromatic heterocycles. The van der Waals surface area contributed by atoms with Gasteiger partial charge in [0.15, 0.2) is 0 Å². The average Bonchev–Trinajstić information content (AvgIpc) is 2.74. The highest BCUT2D eigenvalue weighted by molar-refractivity contribution is 6.39. The fraction of sp³-hybridized carbons (Fsp3) is 0.364. The molecule has 1 saturated heterocycles. The van der Waals surface area contributed by atoms with E-state index in [-0.39, 0.29) is 11.8 Å². The molecule has 6 nitrogen and oxygen atoms in total. The minimum absolute atomic E-state index is 0.0558. The number of benzene rings is 2. The lowest BCUT2D eigenvalue weighted by molar-refractivity contribution is -0.136. The molecule has 2 N–H and O–H groups in total. The van der Waals surface area contributed by atoms with Crippen LogP contribution in [-0.4, -0.2) is 49.5 Å². The zero-order valence-corrected chi connectivity index (χ0v) is 16.5. The van der Waals surface area contributed by atoms with Crippen LogP contribution in [0, 0.1) is 12.7 Å². The molecule has 0 radical (unpaired) electrons. The van der Waals surface area contributed by atoms with E-state index in [1.807, 2.05) is 18.2 Å². The zero-order chi connectivity index (χ0) is 20.6. The van der Waals surface area contributed by atoms with Gasteiger partial charge in [0.1, 0.15) is 5.82 Å². The van der Waals surface area contributed by atoms with Crippen molar-refractivity contribution in [3.05, 3.63) is 65.5 Å². The highest BCUT2D eigenvalue weighted by Gasteiger charge is 2.21. The topological polar surface area (TPSA) is 70.7 Å². The van der Waals surface area contributed by atoms with Gasteiger partial charge < -0.3 is 15.4 Å². The smallest absolute Gasteiger partial charge is 0.313 e. The number of rotatable bonds is 6. The Kier molecular flexibility index (Phi) is 7.32. The molecule has 1 heterocycles. The van der Waals surface area contributed by atoms with E-state index in [9.17, 15) is 14.0 Å². The number of anilines is 1. The molecular formula is C22H26FN3O3. The van der Waals surface area contributed by atoms with Gasteiger partial charge in [-0.2, -0.15) is 0 Å². The van der Waals surface area contributed by atoms with E-state index < -0.39 is 17.6 Å². The number of halogens is 1. The number of nitrogens with one attached hydrogen (secondary N) is 2. The third-order valence-corrected chi connectivity index (χ3v) is 4.89. The van der Waals surface area contributed by atoms with Gasteiger partial charge in [-0.15, -0.1) is 0 Å². The first-order valence-corrected chi connectivity index (χ1v) is 9.77. The van der Waals surface area contributed by atoms with Crippen molar-refractivity contribution in [3.63, 3.8) is 0 Å². The molecule has 1 atom stereocenters. The monoisotopic (exact) mass is 399 g/mol. The second-order valence-corrected chi connectivity index (χ2v) is 7.10. The highest BCUT2D eigenvalue weighted by Crippen LogP contribution is 2.21. The number of aryl methyl sites for hydroxylation is 1. The molecule has 1 aliphatic rings. The van der Waals surface area contributed by atoms with Gasteiger partial charge >= 0.3 is 11.8 Å². The number of morpholine rings is 1. The van der Waals surface area contributed by atoms with E-state index in [0.29, 0.717) is 18.7 Å². The Morgan fingerprint density at radius 2 is 1.97 bits per heavy atom. The molecule has 0 saturated carbocycles. The molecule has 0 unspecified atom stereocenters. The maximum absolute atomic E-state index is 13.5. The van der Waals surface area contributed by atoms with E-state index in [2.05, 4.69) is 27.7 Å². The fourth-order valence-corrected chi connectivity index (χ4v) is 3.22. The number of nitrogens with zero attached hydrogens (tertiary/aromatic N) is 1. The van der Waals surface area contributed by atoms with Gasteiger partial charge in [-0.3, -0.25) is 14.5 Å². The Bertz CT molecular complexity index is 844. The van der Waals surface area contributed by atoms with Crippen molar-refractivity contribution in [2.75, 3.05) is 38.1 Å². The summed E-state index contributed by atoms with van der Waals surface area (Å²) in [7, 11) is 0. The van der Waals surface area contributed by atoms with E-state index in [0.717, 1.165) is 31.6 Å². The van der Waals surface area contributed by atoms with E-state index in [4.69, 9.17) is 4.74 Å². The van der Waals surface area contributed by atoms with E-state index >= 15 is 0 Å². The summed E-state index contributed by atoms with van der Waals surface area (Å²) in [4.78, 5) is 26.2. The van der Waals surface area contributed by atoms with Crippen LogP contribution in [0.25, 0.3) is 0 Å². The van der Waals surface area contributed by atoms with Crippen molar-refractivity contribution >= 4 is 17.5 Å². The minimum atomic E-state index is -0.802. The second-order valence-electron chi connectivity index (χ2n) is 7.10. The number of carbonyl (C=O) groups is 2. The average molecular weight is 399 g/mol. The van der Waals surface area contributed by atoms with Crippen LogP contribution in [0.15, 0.2) is 48.5 Å². The first kappa shape index (κ1) is 21.0. The van der Waals surface area contributed by atoms with Crippen molar-refractivity contribution in [3.8, 4) is 0 Å². The largest absolute Gasteiger partial charge is 0.371 e. The van der Waals surface area contributed by atoms with Crippen LogP contribution in [0.2, 0.25) is 0 Å². The summed E-state index contributed by atoms with van der Waals surface area (Å²) in [6, 6.07) is 14.4. The van der Waals surface area contributed by atoms with Crippen molar-refractivity contribution in [1.29, 1.82) is 0 Å². The number of carbonyl (C=O) groups excluding carboxylic acids is 2. The molecule has 2 amide bonds. The van der Waals surface area contributed by atoms with Crippen LogP contribution < -0.4 is 10.6 Å². The normalized spacial score (nSPS) is 17.0. The van der Waals surface area contributed by atoms with E-state index in [1.54, 1.807) is 19.1 Å². The molecule has 2 aromatic carbocycles. The summed E-state index contributed by atoms with van der Waals surface area (Å²) < 4.78 is 19.4. The van der Waals surface area contributed by atoms with Crippen LogP contribution in [-0.2, 0) is 14.3 Å². The van der Waals surface area contributed by atoms with Gasteiger partial charge in [-0.1, -0.05) is 36.4 Å². The second kappa shape index (κ2) is 10.1. The standard InChI is InChI=1S/C22H26FN3O3/c1-16-8-9-18(14-19(16)23)25-22(28)21(27)24-10-5-11-26-12-13-29-20(15-26)17-6-3-2-4-7-17/h2-4,6-9,14,20H,5,10-13,15H2,1H3,(H,24,27)(H,25,28)/t20-/m1/s1. The maximum Gasteiger partial charge on any atom is 0.313 e. The summed E-state index contributed by atoms with van der Waals surface area (Å²) in [6.45, 7) is 5.14. The third kappa shape index (κ3) is 6.10. The summed E-state index contributed by atoms with van der Waals surface area (Å²) in [5.41, 5.74) is 1.90. The lowest BCUT2D eigenvalue weighted by Gasteiger charge is -2.33. The predicted molar refractivity (Wildman–Crippen MR) is 109 cm³/mol. The van der Waals surface area contributed by atoms with Crippen molar-refractivity contribution in [2.45, 2.75) is 19.4 Å². The van der Waals surface area contributed by atoms with Crippen molar-refractivity contribution < 1.29 is 18.7 Å². The molecule has 7 heteroatoms. The Morgan fingerprint density at radius 1 is 1.17 bits per heavy atom. The summed E-state index contributed by atoms with van der Waals surface area (Å²) >= 11 is 0. The van der Waals surface area contributed by atoms with Crippen LogP contribution in [0.1, 0.15) is 23.7 Å². The first-order valence-electron chi connectivity index (χ1n) is 9.77. The summed E-state index contributed by atoms with van der Waals surface area (Å²) in [5, 5.41) is 5.01. The fourth-order valence-electron chi connectivity index (χ4n) is 3.22. The van der Waals surface area contributed by atoms with E-state index in [1.165, 1.54) is 6.07 Å². The highest BCUT2D eigenvalue weighted by atomic mass is 19.1. The Balaban J connectivity index is 1.37. The van der Waals surface area contributed by atoms with Gasteiger partial charge in [0.2, 0.25) is 0 Å². The molecule has 1 aliphatic heterocycles. The molecule has 0 bridgehead atoms. The lowest BCUT2D eigenvalue weighted by Crippen LogP contribution is -2.41. The number of amides is 2. The van der Waals surface area contributed by atoms with Crippen LogP contribution in [0.5, 0.6) is 0 Å². The van der Waals surface area contributed by atoms with Crippen LogP contribution >= 0.6 is 0 Å². The van der Waals surface area contributed by atoms with Gasteiger partial charge in [-0.25, -0.2) is 4.39 Å². The SMILES string of the molecule is Cc1ccc(NC(=O)C(=O)NCCCN2CCO[C@@H](c3ccccc3)C2)cc1F. The molecule has 0 aliphatic carbocycles. The Labute approximate surface area is 170 Å². The minimum Gasteiger partial charge on any atom is -0.371 e. The maximum atomic E-state index is 13.5. The van der Waals surface area contributed by atoms with Crippen LogP contribution in [0.4, 0.5) is 10.1 Å². The number of ether oxygens (including phenoxy) is 1. The van der Waals surface area contributed by atoms with Gasteiger partial charge in [0.25, 0.3) is 0 Å². The molecule has 3 rings (SSSR count). The molecule has 1 fully saturated rings. The first-order chi connectivity index (χ1) is 14.0. The number of hydrogen-bond acceptors (Lipinski definition) is 4. The Morgan fingerprint density at radius 3 is 2.72 bits per heavy atom. The van der Waals surface area contributed by atoms with Crippen molar-refractivity contribution in [1.82, 2.24) is 10.2 Å². The lowest BCUT2D eigenvalue weighted by atomic mass is 10.1. The number of hydrogen-bond donors (Lipinski definition) is 2. The molecule has 0 spiro atoms. The predicted octanol–water partition coefficient (Wildman–Crippen LogP) is 2.65. The molecule has 29 heavy (non-hydrogen) atoms. The van der Waals surface area contributed by atoms with Crippen molar-refractivity contribution in [2.24, 2.45) is 0 Å². The van der Waals surface area contributed by atoms with Crippen LogP contribution in [0.3, 0.4) is 0 Å². The van der Waals surface area contributed by atoms with Gasteiger partial charge in [-0.05, 0) is 36.6 Å². The molecular weight excluding hydrogens is 373 g/mol. The molecule has 154 valence electrons.